The Bertz CT molecular complexity index is 3740. The molecule has 12 aromatic rings. The fourth-order valence-electron chi connectivity index (χ4n) is 11.4. The number of benzene rings is 11. The second-order valence-corrected chi connectivity index (χ2v) is 18.8. The third-order valence-electron chi connectivity index (χ3n) is 14.6. The van der Waals surface area contributed by atoms with Crippen LogP contribution in [-0.4, -0.2) is 4.57 Å². The van der Waals surface area contributed by atoms with Crippen molar-refractivity contribution in [2.45, 2.75) is 19.3 Å². The third-order valence-corrected chi connectivity index (χ3v) is 14.6. The predicted molar refractivity (Wildman–Crippen MR) is 292 cm³/mol. The summed E-state index contributed by atoms with van der Waals surface area (Å²) < 4.78 is 2.41. The van der Waals surface area contributed by atoms with Gasteiger partial charge < -0.3 is 9.47 Å². The van der Waals surface area contributed by atoms with E-state index in [0.717, 1.165) is 22.7 Å². The van der Waals surface area contributed by atoms with Gasteiger partial charge in [0.2, 0.25) is 0 Å². The number of anilines is 3. The molecule has 0 unspecified atom stereocenters. The molecule has 1 aliphatic carbocycles. The normalized spacial score (nSPS) is 12.6. The van der Waals surface area contributed by atoms with Crippen LogP contribution in [0.3, 0.4) is 0 Å². The van der Waals surface area contributed by atoms with Gasteiger partial charge >= 0.3 is 0 Å². The summed E-state index contributed by atoms with van der Waals surface area (Å²) in [5.41, 5.74) is 21.8. The average molecular weight is 881 g/mol. The number of fused-ring (bicyclic) bond motifs is 7. The van der Waals surface area contributed by atoms with Crippen LogP contribution < -0.4 is 4.90 Å². The van der Waals surface area contributed by atoms with Crippen LogP contribution in [-0.2, 0) is 5.41 Å². The first-order valence-corrected chi connectivity index (χ1v) is 24.0. The molecule has 69 heavy (non-hydrogen) atoms. The third kappa shape index (κ3) is 6.63. The van der Waals surface area contributed by atoms with Gasteiger partial charge in [-0.15, -0.1) is 0 Å². The zero-order chi connectivity index (χ0) is 46.1. The largest absolute Gasteiger partial charge is 0.310 e. The molecule has 0 spiro atoms. The smallest absolute Gasteiger partial charge is 0.0541 e. The number of hydrogen-bond donors (Lipinski definition) is 0. The highest BCUT2D eigenvalue weighted by Gasteiger charge is 2.38. The van der Waals surface area contributed by atoms with Crippen molar-refractivity contribution in [2.24, 2.45) is 0 Å². The molecular formula is C67H48N2. The van der Waals surface area contributed by atoms with E-state index in [4.69, 9.17) is 0 Å². The van der Waals surface area contributed by atoms with Crippen LogP contribution in [0.5, 0.6) is 0 Å². The summed E-state index contributed by atoms with van der Waals surface area (Å²) >= 11 is 0. The van der Waals surface area contributed by atoms with E-state index in [0.29, 0.717) is 0 Å². The Labute approximate surface area is 403 Å². The Morgan fingerprint density at radius 2 is 0.768 bits per heavy atom. The molecule has 0 bridgehead atoms. The van der Waals surface area contributed by atoms with Crippen molar-refractivity contribution >= 4 is 49.6 Å². The lowest BCUT2D eigenvalue weighted by molar-refractivity contribution is 0.662. The first kappa shape index (κ1) is 40.5. The lowest BCUT2D eigenvalue weighted by Gasteiger charge is -2.29. The van der Waals surface area contributed by atoms with Crippen LogP contribution in [0.25, 0.3) is 93.9 Å². The summed E-state index contributed by atoms with van der Waals surface area (Å²) in [7, 11) is 0. The molecular weight excluding hydrogens is 833 g/mol. The summed E-state index contributed by atoms with van der Waals surface area (Å²) in [6.45, 7) is 4.81. The van der Waals surface area contributed by atoms with Gasteiger partial charge in [-0.1, -0.05) is 214 Å². The second kappa shape index (κ2) is 16.3. The quantitative estimate of drug-likeness (QED) is 0.148. The van der Waals surface area contributed by atoms with Crippen molar-refractivity contribution in [3.63, 3.8) is 0 Å². The molecule has 0 atom stereocenters. The molecule has 0 N–H and O–H groups in total. The van der Waals surface area contributed by atoms with Crippen LogP contribution in [0.4, 0.5) is 17.1 Å². The number of rotatable bonds is 8. The maximum Gasteiger partial charge on any atom is 0.0541 e. The molecule has 2 nitrogen and oxygen atoms in total. The van der Waals surface area contributed by atoms with Crippen LogP contribution in [0.2, 0.25) is 0 Å². The van der Waals surface area contributed by atoms with Crippen LogP contribution in [0, 0.1) is 0 Å². The average Bonchev–Trinajstić information content (AvgIpc) is 3.87. The zero-order valence-electron chi connectivity index (χ0n) is 38.6. The minimum absolute atomic E-state index is 0.229. The first-order valence-electron chi connectivity index (χ1n) is 24.0. The predicted octanol–water partition coefficient (Wildman–Crippen LogP) is 18.4. The monoisotopic (exact) mass is 880 g/mol. The molecule has 11 aromatic carbocycles. The molecule has 0 aliphatic heterocycles. The van der Waals surface area contributed by atoms with Crippen molar-refractivity contribution in [3.8, 4) is 61.3 Å². The fourth-order valence-corrected chi connectivity index (χ4v) is 11.4. The van der Waals surface area contributed by atoms with Gasteiger partial charge in [0.1, 0.15) is 0 Å². The number of para-hydroxylation sites is 2. The summed E-state index contributed by atoms with van der Waals surface area (Å²) in [4.78, 5) is 2.42. The molecule has 1 heterocycles. The van der Waals surface area contributed by atoms with Crippen molar-refractivity contribution < 1.29 is 0 Å². The van der Waals surface area contributed by atoms with Gasteiger partial charge in [0.25, 0.3) is 0 Å². The zero-order valence-corrected chi connectivity index (χ0v) is 38.6. The summed E-state index contributed by atoms with van der Waals surface area (Å²) in [5, 5.41) is 4.92. The van der Waals surface area contributed by atoms with Crippen molar-refractivity contribution in [1.82, 2.24) is 4.57 Å². The van der Waals surface area contributed by atoms with Gasteiger partial charge in [-0.05, 0) is 127 Å². The van der Waals surface area contributed by atoms with Crippen molar-refractivity contribution in [3.05, 3.63) is 266 Å². The second-order valence-electron chi connectivity index (χ2n) is 18.8. The fraction of sp³-hybridized carbons (Fsp3) is 0.0448. The van der Waals surface area contributed by atoms with E-state index in [1.807, 2.05) is 0 Å². The van der Waals surface area contributed by atoms with E-state index in [2.05, 4.69) is 278 Å². The number of hydrogen-bond acceptors (Lipinski definition) is 1. The number of aromatic nitrogens is 1. The van der Waals surface area contributed by atoms with E-state index < -0.39 is 0 Å². The first-order chi connectivity index (χ1) is 34.0. The summed E-state index contributed by atoms with van der Waals surface area (Å²) in [6, 6.07) is 93.6. The molecule has 2 heteroatoms. The summed E-state index contributed by atoms with van der Waals surface area (Å²) in [5.74, 6) is 0. The molecule has 326 valence electrons. The number of nitrogens with zero attached hydrogens (tertiary/aromatic N) is 2. The van der Waals surface area contributed by atoms with Gasteiger partial charge in [0.15, 0.2) is 0 Å². The minimum atomic E-state index is -0.229. The lowest BCUT2D eigenvalue weighted by atomic mass is 9.76. The Kier molecular flexibility index (Phi) is 9.55. The van der Waals surface area contributed by atoms with Gasteiger partial charge in [-0.2, -0.15) is 0 Å². The van der Waals surface area contributed by atoms with E-state index in [9.17, 15) is 0 Å². The highest BCUT2D eigenvalue weighted by atomic mass is 15.1. The van der Waals surface area contributed by atoms with Gasteiger partial charge in [-0.25, -0.2) is 0 Å². The van der Waals surface area contributed by atoms with E-state index in [-0.39, 0.29) is 5.41 Å². The van der Waals surface area contributed by atoms with Crippen LogP contribution >= 0.6 is 0 Å². The Hall–Kier alpha value is -8.72. The molecule has 0 amide bonds. The highest BCUT2D eigenvalue weighted by molar-refractivity contribution is 6.11. The van der Waals surface area contributed by atoms with Gasteiger partial charge in [0.05, 0.1) is 16.7 Å². The van der Waals surface area contributed by atoms with Gasteiger partial charge in [0, 0.05) is 38.6 Å². The molecule has 0 fully saturated rings. The Morgan fingerprint density at radius 3 is 1.36 bits per heavy atom. The van der Waals surface area contributed by atoms with E-state index in [1.54, 1.807) is 0 Å². The SMILES string of the molecule is CC1(C)c2ccccc2-c2ccc(-c3ccc(N(c4ccc(-c5ccccc5)cc4)c4ccc(-c5ccccc5)cc4)c4ccccc34)c(-c3ccc(-n4c5ccccc5c5ccccc54)cc3)c21. The summed E-state index contributed by atoms with van der Waals surface area (Å²) in [6.07, 6.45) is 0. The van der Waals surface area contributed by atoms with E-state index >= 15 is 0 Å². The topological polar surface area (TPSA) is 8.17 Å². The molecule has 0 radical (unpaired) electrons. The standard InChI is InChI=1S/C67H48N2/c1-67(2)61-26-14-11-22-55(61)60-42-41-59(65(66(60)67)49-33-39-52(40-34-49)69-62-27-15-12-24-57(62)58-25-13-16-28-63(58)69)54-43-44-64(56-23-10-9-21-53(54)56)68(50-35-29-47(30-36-50)45-17-5-3-6-18-45)51-37-31-48(32-38-51)46-19-7-4-8-20-46/h3-44H,1-2H3. The Balaban J connectivity index is 0.997. The van der Waals surface area contributed by atoms with Crippen molar-refractivity contribution in [2.75, 3.05) is 4.90 Å². The van der Waals surface area contributed by atoms with Crippen LogP contribution in [0.15, 0.2) is 255 Å². The van der Waals surface area contributed by atoms with Crippen molar-refractivity contribution in [1.29, 1.82) is 0 Å². The highest BCUT2D eigenvalue weighted by Crippen LogP contribution is 2.55. The molecule has 1 aromatic heterocycles. The molecule has 1 aliphatic rings. The molecule has 13 rings (SSSR count). The lowest BCUT2D eigenvalue weighted by Crippen LogP contribution is -2.16. The van der Waals surface area contributed by atoms with Crippen LogP contribution in [0.1, 0.15) is 25.0 Å². The maximum atomic E-state index is 2.42. The maximum absolute atomic E-state index is 2.42. The minimum Gasteiger partial charge on any atom is -0.310 e. The van der Waals surface area contributed by atoms with Gasteiger partial charge in [-0.3, -0.25) is 0 Å². The Morgan fingerprint density at radius 1 is 0.319 bits per heavy atom. The molecule has 0 saturated carbocycles. The molecule has 0 saturated heterocycles. The van der Waals surface area contributed by atoms with E-state index in [1.165, 1.54) is 99.3 Å².